The third-order valence-electron chi connectivity index (χ3n) is 2.23. The summed E-state index contributed by atoms with van der Waals surface area (Å²) >= 11 is 3.28. The normalized spacial score (nSPS) is 10.3. The lowest BCUT2D eigenvalue weighted by molar-refractivity contribution is 0.0950. The molecule has 94 valence electrons. The second kappa shape index (κ2) is 5.18. The van der Waals surface area contributed by atoms with E-state index in [4.69, 9.17) is 10.3 Å². The van der Waals surface area contributed by atoms with Gasteiger partial charge in [-0.05, 0) is 18.2 Å². The Hall–Kier alpha value is -1.89. The van der Waals surface area contributed by atoms with E-state index in [0.717, 1.165) is 4.47 Å². The third kappa shape index (κ3) is 2.86. The van der Waals surface area contributed by atoms with Gasteiger partial charge >= 0.3 is 0 Å². The number of benzene rings is 1. The number of hydrogen-bond acceptors (Lipinski definition) is 5. The highest BCUT2D eigenvalue weighted by atomic mass is 79.9. The van der Waals surface area contributed by atoms with Crippen molar-refractivity contribution in [2.45, 2.75) is 13.5 Å². The summed E-state index contributed by atoms with van der Waals surface area (Å²) < 4.78 is 5.62. The molecule has 0 bridgehead atoms. The van der Waals surface area contributed by atoms with E-state index in [1.165, 1.54) is 0 Å². The quantitative estimate of drug-likeness (QED) is 0.841. The van der Waals surface area contributed by atoms with Crippen molar-refractivity contribution in [3.8, 4) is 0 Å². The summed E-state index contributed by atoms with van der Waals surface area (Å²) in [6, 6.07) is 5.08. The number of aryl methyl sites for hydroxylation is 1. The highest BCUT2D eigenvalue weighted by molar-refractivity contribution is 9.10. The molecule has 0 spiro atoms. The second-order valence-electron chi connectivity index (χ2n) is 3.64. The van der Waals surface area contributed by atoms with Crippen molar-refractivity contribution in [2.75, 3.05) is 5.73 Å². The van der Waals surface area contributed by atoms with Gasteiger partial charge in [-0.1, -0.05) is 21.1 Å². The van der Waals surface area contributed by atoms with Gasteiger partial charge in [-0.3, -0.25) is 4.79 Å². The molecule has 7 heteroatoms. The maximum Gasteiger partial charge on any atom is 0.253 e. The molecule has 1 amide bonds. The highest BCUT2D eigenvalue weighted by Gasteiger charge is 2.11. The second-order valence-corrected chi connectivity index (χ2v) is 4.56. The molecule has 0 fully saturated rings. The van der Waals surface area contributed by atoms with Gasteiger partial charge in [0, 0.05) is 17.1 Å². The van der Waals surface area contributed by atoms with E-state index >= 15 is 0 Å². The average Bonchev–Trinajstić information content (AvgIpc) is 2.72. The molecule has 0 radical (unpaired) electrons. The Morgan fingerprint density at radius 3 is 2.94 bits per heavy atom. The summed E-state index contributed by atoms with van der Waals surface area (Å²) in [5.74, 6) is 0.612. The van der Waals surface area contributed by atoms with Crippen molar-refractivity contribution >= 4 is 27.5 Å². The van der Waals surface area contributed by atoms with Gasteiger partial charge in [0.2, 0.25) is 5.89 Å². The summed E-state index contributed by atoms with van der Waals surface area (Å²) in [6.45, 7) is 1.89. The van der Waals surface area contributed by atoms with E-state index in [-0.39, 0.29) is 12.5 Å². The van der Waals surface area contributed by atoms with Crippen LogP contribution in [0.5, 0.6) is 0 Å². The van der Waals surface area contributed by atoms with Gasteiger partial charge in [0.1, 0.15) is 0 Å². The molecule has 18 heavy (non-hydrogen) atoms. The van der Waals surface area contributed by atoms with Crippen LogP contribution in [-0.4, -0.2) is 16.0 Å². The molecule has 3 N–H and O–H groups in total. The Kier molecular flexibility index (Phi) is 3.61. The van der Waals surface area contributed by atoms with E-state index in [9.17, 15) is 4.79 Å². The minimum atomic E-state index is -0.276. The van der Waals surface area contributed by atoms with Gasteiger partial charge in [0.05, 0.1) is 12.1 Å². The van der Waals surface area contributed by atoms with Crippen LogP contribution in [0.3, 0.4) is 0 Å². The predicted octanol–water partition coefficient (Wildman–Crippen LogP) is 1.65. The number of nitrogen functional groups attached to an aromatic ring is 1. The van der Waals surface area contributed by atoms with Crippen molar-refractivity contribution in [3.63, 3.8) is 0 Å². The van der Waals surface area contributed by atoms with Gasteiger partial charge in [-0.2, -0.15) is 4.98 Å². The van der Waals surface area contributed by atoms with Gasteiger partial charge in [-0.15, -0.1) is 0 Å². The van der Waals surface area contributed by atoms with Crippen molar-refractivity contribution in [3.05, 3.63) is 40.0 Å². The number of halogens is 1. The average molecular weight is 311 g/mol. The van der Waals surface area contributed by atoms with E-state index in [1.807, 2.05) is 0 Å². The van der Waals surface area contributed by atoms with Crippen LogP contribution in [0.1, 0.15) is 22.1 Å². The summed E-state index contributed by atoms with van der Waals surface area (Å²) in [4.78, 5) is 15.8. The van der Waals surface area contributed by atoms with E-state index in [2.05, 4.69) is 31.4 Å². The zero-order chi connectivity index (χ0) is 13.1. The molecular weight excluding hydrogens is 300 g/mol. The minimum absolute atomic E-state index is 0.200. The van der Waals surface area contributed by atoms with Crippen LogP contribution >= 0.6 is 15.9 Å². The number of hydrogen-bond donors (Lipinski definition) is 2. The Morgan fingerprint density at radius 1 is 1.56 bits per heavy atom. The van der Waals surface area contributed by atoms with Crippen LogP contribution in [0.15, 0.2) is 27.2 Å². The molecule has 1 aromatic carbocycles. The molecule has 0 aliphatic carbocycles. The van der Waals surface area contributed by atoms with Gasteiger partial charge in [-0.25, -0.2) is 0 Å². The largest absolute Gasteiger partial charge is 0.398 e. The first-order valence-electron chi connectivity index (χ1n) is 5.18. The first-order chi connectivity index (χ1) is 8.56. The number of carbonyl (C=O) groups is 1. The fourth-order valence-electron chi connectivity index (χ4n) is 1.41. The van der Waals surface area contributed by atoms with Crippen LogP contribution < -0.4 is 11.1 Å². The summed E-state index contributed by atoms with van der Waals surface area (Å²) in [6.07, 6.45) is 0. The van der Waals surface area contributed by atoms with E-state index in [1.54, 1.807) is 25.1 Å². The minimum Gasteiger partial charge on any atom is -0.398 e. The SMILES string of the molecule is Cc1nc(CNC(=O)c2ccc(Br)cc2N)no1. The molecule has 2 rings (SSSR count). The summed E-state index contributed by atoms with van der Waals surface area (Å²) in [5.41, 5.74) is 6.58. The molecule has 1 heterocycles. The highest BCUT2D eigenvalue weighted by Crippen LogP contribution is 2.18. The first kappa shape index (κ1) is 12.6. The number of rotatable bonds is 3. The van der Waals surface area contributed by atoms with Crippen molar-refractivity contribution < 1.29 is 9.32 Å². The van der Waals surface area contributed by atoms with Crippen LogP contribution in [-0.2, 0) is 6.54 Å². The number of amides is 1. The molecule has 0 saturated heterocycles. The number of nitrogens with zero attached hydrogens (tertiary/aromatic N) is 2. The fraction of sp³-hybridized carbons (Fsp3) is 0.182. The van der Waals surface area contributed by atoms with E-state index in [0.29, 0.717) is 23.0 Å². The lowest BCUT2D eigenvalue weighted by atomic mass is 10.1. The third-order valence-corrected chi connectivity index (χ3v) is 2.73. The smallest absolute Gasteiger partial charge is 0.253 e. The zero-order valence-electron chi connectivity index (χ0n) is 9.61. The molecule has 6 nitrogen and oxygen atoms in total. The monoisotopic (exact) mass is 310 g/mol. The molecule has 0 aliphatic heterocycles. The van der Waals surface area contributed by atoms with Crippen LogP contribution in [0.4, 0.5) is 5.69 Å². The Labute approximate surface area is 112 Å². The van der Waals surface area contributed by atoms with Gasteiger partial charge in [0.15, 0.2) is 5.82 Å². The fourth-order valence-corrected chi connectivity index (χ4v) is 1.79. The van der Waals surface area contributed by atoms with Crippen LogP contribution in [0.2, 0.25) is 0 Å². The topological polar surface area (TPSA) is 94.0 Å². The van der Waals surface area contributed by atoms with Crippen molar-refractivity contribution in [2.24, 2.45) is 0 Å². The molecule has 0 aliphatic rings. The Morgan fingerprint density at radius 2 is 2.33 bits per heavy atom. The van der Waals surface area contributed by atoms with Crippen molar-refractivity contribution in [1.82, 2.24) is 15.5 Å². The number of anilines is 1. The van der Waals surface area contributed by atoms with Crippen LogP contribution in [0.25, 0.3) is 0 Å². The molecule has 0 unspecified atom stereocenters. The zero-order valence-corrected chi connectivity index (χ0v) is 11.2. The molecule has 2 aromatic rings. The van der Waals surface area contributed by atoms with Crippen LogP contribution in [0, 0.1) is 6.92 Å². The standard InChI is InChI=1S/C11H11BrN4O2/c1-6-15-10(16-18-6)5-14-11(17)8-3-2-7(12)4-9(8)13/h2-4H,5,13H2,1H3,(H,14,17). The maximum atomic E-state index is 11.9. The number of nitrogens with one attached hydrogen (secondary N) is 1. The predicted molar refractivity (Wildman–Crippen MR) is 68.8 cm³/mol. The molecule has 1 aromatic heterocycles. The first-order valence-corrected chi connectivity index (χ1v) is 5.98. The summed E-state index contributed by atoms with van der Waals surface area (Å²) in [5, 5.41) is 6.35. The van der Waals surface area contributed by atoms with Gasteiger partial charge in [0.25, 0.3) is 5.91 Å². The van der Waals surface area contributed by atoms with Crippen molar-refractivity contribution in [1.29, 1.82) is 0 Å². The Balaban J connectivity index is 2.03. The number of aromatic nitrogens is 2. The Bertz CT molecular complexity index is 582. The summed E-state index contributed by atoms with van der Waals surface area (Å²) in [7, 11) is 0. The molecule has 0 saturated carbocycles. The maximum absolute atomic E-state index is 11.9. The molecule has 0 atom stereocenters. The lowest BCUT2D eigenvalue weighted by Crippen LogP contribution is -2.24. The number of carbonyl (C=O) groups excluding carboxylic acids is 1. The lowest BCUT2D eigenvalue weighted by Gasteiger charge is -2.06. The van der Waals surface area contributed by atoms with Gasteiger partial charge < -0.3 is 15.6 Å². The number of nitrogens with two attached hydrogens (primary N) is 1. The van der Waals surface area contributed by atoms with E-state index < -0.39 is 0 Å². The molecular formula is C11H11BrN4O2.